The highest BCUT2D eigenvalue weighted by molar-refractivity contribution is 5.86. The molecule has 0 spiro atoms. The van der Waals surface area contributed by atoms with Gasteiger partial charge in [0.25, 0.3) is 0 Å². The van der Waals surface area contributed by atoms with E-state index in [1.54, 1.807) is 0 Å². The third-order valence-electron chi connectivity index (χ3n) is 4.21. The zero-order valence-corrected chi connectivity index (χ0v) is 14.7. The Balaban J connectivity index is 0.00000133. The molecule has 1 aromatic rings. The van der Waals surface area contributed by atoms with E-state index in [4.69, 9.17) is 0 Å². The molecular weight excluding hydrogens is 329 g/mol. The minimum atomic E-state index is 0. The molecule has 1 aromatic carbocycles. The van der Waals surface area contributed by atoms with Crippen LogP contribution in [-0.4, -0.2) is 55.1 Å². The van der Waals surface area contributed by atoms with Crippen molar-refractivity contribution in [2.75, 3.05) is 39.3 Å². The molecule has 2 fully saturated rings. The van der Waals surface area contributed by atoms with E-state index in [1.165, 1.54) is 51.3 Å². The van der Waals surface area contributed by atoms with Gasteiger partial charge in [-0.15, -0.1) is 37.2 Å². The summed E-state index contributed by atoms with van der Waals surface area (Å²) in [5.41, 5.74) is 1.44. The zero-order valence-electron chi connectivity index (χ0n) is 12.2. The van der Waals surface area contributed by atoms with Gasteiger partial charge >= 0.3 is 0 Å². The predicted molar refractivity (Wildman–Crippen MR) is 96.3 cm³/mol. The molecule has 6 heteroatoms. The molecule has 0 saturated carbocycles. The van der Waals surface area contributed by atoms with Crippen LogP contribution < -0.4 is 5.32 Å². The van der Waals surface area contributed by atoms with Gasteiger partial charge in [-0.3, -0.25) is 9.80 Å². The summed E-state index contributed by atoms with van der Waals surface area (Å²) < 4.78 is 0. The van der Waals surface area contributed by atoms with Gasteiger partial charge in [0.1, 0.15) is 0 Å². The van der Waals surface area contributed by atoms with Crippen LogP contribution in [0, 0.1) is 0 Å². The Morgan fingerprint density at radius 2 is 1.62 bits per heavy atom. The minimum absolute atomic E-state index is 0. The van der Waals surface area contributed by atoms with Crippen LogP contribution in [0.25, 0.3) is 0 Å². The normalized spacial score (nSPS) is 22.8. The van der Waals surface area contributed by atoms with Gasteiger partial charge in [0.05, 0.1) is 0 Å². The van der Waals surface area contributed by atoms with Crippen molar-refractivity contribution in [3.63, 3.8) is 0 Å². The lowest BCUT2D eigenvalue weighted by Gasteiger charge is -2.37. The number of hydrogen-bond acceptors (Lipinski definition) is 3. The lowest BCUT2D eigenvalue weighted by Crippen LogP contribution is -2.50. The second-order valence-corrected chi connectivity index (χ2v) is 5.44. The monoisotopic (exact) mass is 353 g/mol. The van der Waals surface area contributed by atoms with Crippen molar-refractivity contribution in [1.29, 1.82) is 0 Å². The highest BCUT2D eigenvalue weighted by Gasteiger charge is 2.25. The molecule has 122 valence electrons. The number of nitrogens with one attached hydrogen (secondary N) is 1. The average molecular weight is 355 g/mol. The fourth-order valence-electron chi connectivity index (χ4n) is 3.08. The Bertz CT molecular complexity index is 364. The average Bonchev–Trinajstić information content (AvgIpc) is 2.95. The number of nitrogens with zero attached hydrogens (tertiary/aromatic N) is 2. The Hall–Kier alpha value is -0.0300. The van der Waals surface area contributed by atoms with E-state index in [0.29, 0.717) is 0 Å². The lowest BCUT2D eigenvalue weighted by molar-refractivity contribution is 0.0981. The topological polar surface area (TPSA) is 18.5 Å². The first kappa shape index (κ1) is 21.0. The van der Waals surface area contributed by atoms with Crippen molar-refractivity contribution in [2.45, 2.75) is 19.0 Å². The maximum absolute atomic E-state index is 3.47. The summed E-state index contributed by atoms with van der Waals surface area (Å²) >= 11 is 0. The molecule has 21 heavy (non-hydrogen) atoms. The van der Waals surface area contributed by atoms with Crippen LogP contribution in [0.4, 0.5) is 0 Å². The fraction of sp³-hybridized carbons (Fsp3) is 0.600. The van der Waals surface area contributed by atoms with Crippen molar-refractivity contribution >= 4 is 37.2 Å². The summed E-state index contributed by atoms with van der Waals surface area (Å²) in [6.07, 6.45) is 1.33. The first-order valence-electron chi connectivity index (χ1n) is 7.13. The largest absolute Gasteiger partial charge is 0.315 e. The lowest BCUT2D eigenvalue weighted by atomic mass is 10.1. The van der Waals surface area contributed by atoms with E-state index >= 15 is 0 Å². The molecular formula is C15H26Cl3N3. The van der Waals surface area contributed by atoms with Gasteiger partial charge in [-0.1, -0.05) is 30.3 Å². The smallest absolute Gasteiger partial charge is 0.0234 e. The molecule has 2 saturated heterocycles. The third-order valence-corrected chi connectivity index (χ3v) is 4.21. The van der Waals surface area contributed by atoms with Crippen molar-refractivity contribution in [3.05, 3.63) is 35.9 Å². The van der Waals surface area contributed by atoms with E-state index in [0.717, 1.165) is 12.6 Å². The Kier molecular flexibility index (Phi) is 10.6. The molecule has 1 atom stereocenters. The van der Waals surface area contributed by atoms with Crippen LogP contribution in [0.5, 0.6) is 0 Å². The Morgan fingerprint density at radius 1 is 0.952 bits per heavy atom. The van der Waals surface area contributed by atoms with E-state index < -0.39 is 0 Å². The van der Waals surface area contributed by atoms with Crippen LogP contribution in [0.2, 0.25) is 0 Å². The van der Waals surface area contributed by atoms with Gasteiger partial charge < -0.3 is 5.32 Å². The summed E-state index contributed by atoms with van der Waals surface area (Å²) in [4.78, 5) is 5.25. The Morgan fingerprint density at radius 3 is 2.19 bits per heavy atom. The molecule has 1 N–H and O–H groups in total. The first-order chi connectivity index (χ1) is 8.92. The molecule has 3 rings (SSSR count). The van der Waals surface area contributed by atoms with Crippen LogP contribution in [-0.2, 0) is 6.54 Å². The molecule has 2 aliphatic rings. The van der Waals surface area contributed by atoms with Crippen LogP contribution in [0.15, 0.2) is 30.3 Å². The summed E-state index contributed by atoms with van der Waals surface area (Å²) in [6.45, 7) is 8.40. The highest BCUT2D eigenvalue weighted by atomic mass is 35.5. The number of benzene rings is 1. The number of halogens is 3. The number of hydrogen-bond donors (Lipinski definition) is 1. The fourth-order valence-corrected chi connectivity index (χ4v) is 3.08. The second-order valence-electron chi connectivity index (χ2n) is 5.44. The van der Waals surface area contributed by atoms with Gasteiger partial charge in [0.2, 0.25) is 0 Å². The zero-order chi connectivity index (χ0) is 12.2. The minimum Gasteiger partial charge on any atom is -0.315 e. The maximum atomic E-state index is 3.47. The van der Waals surface area contributed by atoms with E-state index in [9.17, 15) is 0 Å². The van der Waals surface area contributed by atoms with Crippen LogP contribution >= 0.6 is 37.2 Å². The molecule has 2 heterocycles. The van der Waals surface area contributed by atoms with Gasteiger partial charge in [0.15, 0.2) is 0 Å². The van der Waals surface area contributed by atoms with Crippen molar-refractivity contribution in [3.8, 4) is 0 Å². The highest BCUT2D eigenvalue weighted by Crippen LogP contribution is 2.13. The molecule has 0 unspecified atom stereocenters. The first-order valence-corrected chi connectivity index (χ1v) is 7.13. The Labute approximate surface area is 146 Å². The predicted octanol–water partition coefficient (Wildman–Crippen LogP) is 2.43. The van der Waals surface area contributed by atoms with Crippen molar-refractivity contribution in [1.82, 2.24) is 15.1 Å². The molecule has 0 aromatic heterocycles. The molecule has 2 aliphatic heterocycles. The third kappa shape index (κ3) is 5.93. The van der Waals surface area contributed by atoms with Gasteiger partial charge in [-0.25, -0.2) is 0 Å². The van der Waals surface area contributed by atoms with Gasteiger partial charge in [-0.2, -0.15) is 0 Å². The van der Waals surface area contributed by atoms with Crippen LogP contribution in [0.3, 0.4) is 0 Å². The standard InChI is InChI=1S/C15H23N3.3ClH/c1-2-4-14(5-3-1)13-17-8-10-18(11-9-17)15-6-7-16-12-15;;;/h1-5,15-16H,6-13H2;3*1H/t15-;;;/m0.../s1. The van der Waals surface area contributed by atoms with E-state index in [-0.39, 0.29) is 37.2 Å². The molecule has 0 aliphatic carbocycles. The van der Waals surface area contributed by atoms with E-state index in [2.05, 4.69) is 45.4 Å². The molecule has 0 bridgehead atoms. The second kappa shape index (κ2) is 10.7. The number of piperazine rings is 1. The van der Waals surface area contributed by atoms with Crippen LogP contribution in [0.1, 0.15) is 12.0 Å². The van der Waals surface area contributed by atoms with Crippen molar-refractivity contribution in [2.24, 2.45) is 0 Å². The summed E-state index contributed by atoms with van der Waals surface area (Å²) in [7, 11) is 0. The van der Waals surface area contributed by atoms with Crippen molar-refractivity contribution < 1.29 is 0 Å². The molecule has 0 radical (unpaired) electrons. The summed E-state index contributed by atoms with van der Waals surface area (Å²) in [5, 5.41) is 3.47. The summed E-state index contributed by atoms with van der Waals surface area (Å²) in [6, 6.07) is 11.6. The number of rotatable bonds is 3. The van der Waals surface area contributed by atoms with Gasteiger partial charge in [-0.05, 0) is 18.5 Å². The quantitative estimate of drug-likeness (QED) is 0.899. The maximum Gasteiger partial charge on any atom is 0.0234 e. The van der Waals surface area contributed by atoms with Gasteiger partial charge in [0, 0.05) is 45.3 Å². The van der Waals surface area contributed by atoms with E-state index in [1.807, 2.05) is 0 Å². The molecule has 0 amide bonds. The SMILES string of the molecule is Cl.Cl.Cl.c1ccc(CN2CCN([C@H]3CCNC3)CC2)cc1. The summed E-state index contributed by atoms with van der Waals surface area (Å²) in [5.74, 6) is 0. The molecule has 3 nitrogen and oxygen atoms in total.